The van der Waals surface area contributed by atoms with Gasteiger partial charge in [-0.1, -0.05) is 30.3 Å². The van der Waals surface area contributed by atoms with Crippen molar-refractivity contribution in [2.75, 3.05) is 11.1 Å². The van der Waals surface area contributed by atoms with E-state index in [0.29, 0.717) is 16.9 Å². The van der Waals surface area contributed by atoms with Gasteiger partial charge in [0.15, 0.2) is 0 Å². The number of anilines is 2. The Kier molecular flexibility index (Phi) is 4.96. The van der Waals surface area contributed by atoms with Crippen LogP contribution in [-0.4, -0.2) is 18.3 Å². The topological polar surface area (TPSA) is 94.2 Å². The molecule has 0 atom stereocenters. The van der Waals surface area contributed by atoms with Gasteiger partial charge in [0.25, 0.3) is 10.0 Å². The van der Waals surface area contributed by atoms with E-state index < -0.39 is 10.0 Å². The maximum atomic E-state index is 12.9. The number of carbonyl (C=O) groups is 1. The Morgan fingerprint density at radius 3 is 2.62 bits per heavy atom. The molecular weight excluding hydrogens is 406 g/mol. The van der Waals surface area contributed by atoms with Crippen LogP contribution in [0.25, 0.3) is 16.2 Å². The molecule has 0 unspecified atom stereocenters. The molecule has 0 bridgehead atoms. The van der Waals surface area contributed by atoms with E-state index in [1.54, 1.807) is 42.5 Å². The van der Waals surface area contributed by atoms with Gasteiger partial charge in [-0.3, -0.25) is 4.79 Å². The molecular formula is C21H17N3O3S2. The van der Waals surface area contributed by atoms with Gasteiger partial charge in [0.2, 0.25) is 5.91 Å². The van der Waals surface area contributed by atoms with Gasteiger partial charge in [-0.15, -0.1) is 11.3 Å². The van der Waals surface area contributed by atoms with E-state index in [0.717, 1.165) is 14.1 Å². The van der Waals surface area contributed by atoms with Crippen LogP contribution in [0.1, 0.15) is 5.56 Å². The molecule has 0 radical (unpaired) electrons. The van der Waals surface area contributed by atoms with Crippen molar-refractivity contribution in [1.82, 2.24) is 3.97 Å². The van der Waals surface area contributed by atoms with Gasteiger partial charge < -0.3 is 11.1 Å². The number of fused-ring (bicyclic) bond motifs is 1. The third-order valence-electron chi connectivity index (χ3n) is 4.27. The van der Waals surface area contributed by atoms with Crippen LogP contribution in [0.3, 0.4) is 0 Å². The quantitative estimate of drug-likeness (QED) is 0.372. The molecule has 0 aliphatic carbocycles. The van der Waals surface area contributed by atoms with Crippen molar-refractivity contribution >= 4 is 54.8 Å². The highest BCUT2D eigenvalue weighted by molar-refractivity contribution is 7.92. The normalized spacial score (nSPS) is 11.9. The number of nitrogens with two attached hydrogens (primary N) is 1. The minimum absolute atomic E-state index is 0.266. The zero-order chi connectivity index (χ0) is 20.4. The Hall–Kier alpha value is -3.36. The summed E-state index contributed by atoms with van der Waals surface area (Å²) in [5, 5.41) is 3.57. The summed E-state index contributed by atoms with van der Waals surface area (Å²) < 4.78 is 28.1. The maximum Gasteiger partial charge on any atom is 0.277 e. The number of hydrogen-bond acceptors (Lipinski definition) is 5. The van der Waals surface area contributed by atoms with E-state index in [1.165, 1.54) is 29.8 Å². The number of nitrogen functional groups attached to an aromatic ring is 1. The van der Waals surface area contributed by atoms with Crippen molar-refractivity contribution < 1.29 is 13.2 Å². The van der Waals surface area contributed by atoms with Crippen molar-refractivity contribution in [1.29, 1.82) is 0 Å². The summed E-state index contributed by atoms with van der Waals surface area (Å²) >= 11 is 1.23. The zero-order valence-electron chi connectivity index (χ0n) is 15.1. The van der Waals surface area contributed by atoms with Gasteiger partial charge in [-0.2, -0.15) is 8.42 Å². The Morgan fingerprint density at radius 2 is 1.83 bits per heavy atom. The molecule has 0 aliphatic heterocycles. The first kappa shape index (κ1) is 19.0. The third-order valence-corrected chi connectivity index (χ3v) is 7.47. The molecule has 29 heavy (non-hydrogen) atoms. The monoisotopic (exact) mass is 423 g/mol. The molecule has 4 aromatic rings. The SMILES string of the molecule is Nc1ccccc1NC(=O)C=Cc1ccn(S(=O)(=O)c2cc3ccccc3s2)c1. The van der Waals surface area contributed by atoms with Crippen LogP contribution in [0, 0.1) is 0 Å². The van der Waals surface area contributed by atoms with Crippen molar-refractivity contribution in [3.63, 3.8) is 0 Å². The molecule has 2 aromatic carbocycles. The van der Waals surface area contributed by atoms with E-state index in [9.17, 15) is 13.2 Å². The minimum Gasteiger partial charge on any atom is -0.397 e. The number of aromatic nitrogens is 1. The first-order chi connectivity index (χ1) is 13.9. The van der Waals surface area contributed by atoms with Gasteiger partial charge in [0.05, 0.1) is 11.4 Å². The van der Waals surface area contributed by atoms with Gasteiger partial charge in [-0.25, -0.2) is 3.97 Å². The summed E-state index contributed by atoms with van der Waals surface area (Å²) in [6.07, 6.45) is 5.82. The second-order valence-electron chi connectivity index (χ2n) is 6.29. The third kappa shape index (κ3) is 3.94. The summed E-state index contributed by atoms with van der Waals surface area (Å²) in [4.78, 5) is 12.1. The number of benzene rings is 2. The predicted molar refractivity (Wildman–Crippen MR) is 117 cm³/mol. The van der Waals surface area contributed by atoms with Crippen LogP contribution in [0.4, 0.5) is 11.4 Å². The average molecular weight is 424 g/mol. The minimum atomic E-state index is -3.69. The number of thiophene rings is 1. The summed E-state index contributed by atoms with van der Waals surface area (Å²) in [5.74, 6) is -0.358. The lowest BCUT2D eigenvalue weighted by Gasteiger charge is -2.04. The Balaban J connectivity index is 1.52. The standard InChI is InChI=1S/C21H17N3O3S2/c22-17-6-2-3-7-18(17)23-20(25)10-9-15-11-12-24(14-15)29(26,27)21-13-16-5-1-4-8-19(16)28-21/h1-14H,22H2,(H,23,25). The molecule has 2 aromatic heterocycles. The number of para-hydroxylation sites is 2. The van der Waals surface area contributed by atoms with Gasteiger partial charge in [-0.05, 0) is 47.4 Å². The largest absolute Gasteiger partial charge is 0.397 e. The second-order valence-corrected chi connectivity index (χ2v) is 9.45. The summed E-state index contributed by atoms with van der Waals surface area (Å²) in [5.41, 5.74) is 7.38. The van der Waals surface area contributed by atoms with E-state index in [1.807, 2.05) is 24.3 Å². The first-order valence-corrected chi connectivity index (χ1v) is 10.9. The number of nitrogens with zero attached hydrogens (tertiary/aromatic N) is 1. The van der Waals surface area contributed by atoms with Gasteiger partial charge in [0.1, 0.15) is 4.21 Å². The average Bonchev–Trinajstić information content (AvgIpc) is 3.36. The van der Waals surface area contributed by atoms with Crippen molar-refractivity contribution in [3.8, 4) is 0 Å². The Morgan fingerprint density at radius 1 is 1.07 bits per heavy atom. The lowest BCUT2D eigenvalue weighted by atomic mass is 10.2. The van der Waals surface area contributed by atoms with E-state index in [4.69, 9.17) is 5.73 Å². The van der Waals surface area contributed by atoms with Gasteiger partial charge >= 0.3 is 0 Å². The fraction of sp³-hybridized carbons (Fsp3) is 0. The van der Waals surface area contributed by atoms with E-state index >= 15 is 0 Å². The number of amides is 1. The van der Waals surface area contributed by atoms with E-state index in [-0.39, 0.29) is 10.1 Å². The Bertz CT molecular complexity index is 1300. The lowest BCUT2D eigenvalue weighted by molar-refractivity contribution is -0.111. The first-order valence-electron chi connectivity index (χ1n) is 8.69. The molecule has 6 nitrogen and oxygen atoms in total. The fourth-order valence-corrected chi connectivity index (χ4v) is 5.49. The molecule has 0 spiro atoms. The highest BCUT2D eigenvalue weighted by Gasteiger charge is 2.19. The molecule has 3 N–H and O–H groups in total. The van der Waals surface area contributed by atoms with Crippen molar-refractivity contribution in [3.05, 3.63) is 84.7 Å². The molecule has 146 valence electrons. The molecule has 8 heteroatoms. The highest BCUT2D eigenvalue weighted by atomic mass is 32.2. The second kappa shape index (κ2) is 7.57. The zero-order valence-corrected chi connectivity index (χ0v) is 16.8. The molecule has 0 aliphatic rings. The van der Waals surface area contributed by atoms with E-state index in [2.05, 4.69) is 5.32 Å². The van der Waals surface area contributed by atoms with Crippen LogP contribution in [0.15, 0.2) is 83.3 Å². The van der Waals surface area contributed by atoms with Crippen LogP contribution >= 0.6 is 11.3 Å². The number of rotatable bonds is 5. The highest BCUT2D eigenvalue weighted by Crippen LogP contribution is 2.30. The van der Waals surface area contributed by atoms with Crippen LogP contribution < -0.4 is 11.1 Å². The smallest absolute Gasteiger partial charge is 0.277 e. The molecule has 0 saturated heterocycles. The summed E-state index contributed by atoms with van der Waals surface area (Å²) in [7, 11) is -3.69. The lowest BCUT2D eigenvalue weighted by Crippen LogP contribution is -2.09. The maximum absolute atomic E-state index is 12.9. The van der Waals surface area contributed by atoms with Crippen LogP contribution in [0.5, 0.6) is 0 Å². The molecule has 2 heterocycles. The number of carbonyl (C=O) groups excluding carboxylic acids is 1. The molecule has 4 rings (SSSR count). The Labute approximate surface area is 172 Å². The summed E-state index contributed by atoms with van der Waals surface area (Å²) in [6.45, 7) is 0. The molecule has 0 fully saturated rings. The van der Waals surface area contributed by atoms with Crippen LogP contribution in [0.2, 0.25) is 0 Å². The number of nitrogens with one attached hydrogen (secondary N) is 1. The van der Waals surface area contributed by atoms with Crippen molar-refractivity contribution in [2.24, 2.45) is 0 Å². The van der Waals surface area contributed by atoms with Crippen LogP contribution in [-0.2, 0) is 14.8 Å². The number of hydrogen-bond donors (Lipinski definition) is 2. The molecule has 1 amide bonds. The van der Waals surface area contributed by atoms with Crippen molar-refractivity contribution in [2.45, 2.75) is 4.21 Å². The summed E-state index contributed by atoms with van der Waals surface area (Å²) in [6, 6.07) is 17.8. The molecule has 0 saturated carbocycles. The fourth-order valence-electron chi connectivity index (χ4n) is 2.79. The predicted octanol–water partition coefficient (Wildman–Crippen LogP) is 4.17. The van der Waals surface area contributed by atoms with Gasteiger partial charge in [0, 0.05) is 23.2 Å².